The maximum absolute atomic E-state index is 15.0. The van der Waals surface area contributed by atoms with E-state index >= 15 is 4.39 Å². The summed E-state index contributed by atoms with van der Waals surface area (Å²) in [4.78, 5) is 18.9. The van der Waals surface area contributed by atoms with Crippen LogP contribution in [0, 0.1) is 24.1 Å². The molecular formula is C21H15Cl2FN4O2. The van der Waals surface area contributed by atoms with E-state index in [0.717, 1.165) is 0 Å². The zero-order valence-corrected chi connectivity index (χ0v) is 17.2. The van der Waals surface area contributed by atoms with Crippen molar-refractivity contribution in [2.24, 2.45) is 0 Å². The molecule has 6 nitrogen and oxygen atoms in total. The number of aromatic nitrogens is 2. The van der Waals surface area contributed by atoms with E-state index in [4.69, 9.17) is 33.2 Å². The highest BCUT2D eigenvalue weighted by Gasteiger charge is 2.18. The molecule has 0 unspecified atom stereocenters. The van der Waals surface area contributed by atoms with Gasteiger partial charge in [0.15, 0.2) is 16.7 Å². The Morgan fingerprint density at radius 2 is 2.17 bits per heavy atom. The molecule has 2 N–H and O–H groups in total. The lowest BCUT2D eigenvalue weighted by Crippen LogP contribution is -2.24. The number of imidazole rings is 1. The summed E-state index contributed by atoms with van der Waals surface area (Å²) >= 11 is 12.0. The van der Waals surface area contributed by atoms with Crippen LogP contribution in [0.25, 0.3) is 6.08 Å². The van der Waals surface area contributed by atoms with Gasteiger partial charge in [-0.25, -0.2) is 9.37 Å². The summed E-state index contributed by atoms with van der Waals surface area (Å²) < 4.78 is 20.7. The van der Waals surface area contributed by atoms with Crippen LogP contribution in [0.1, 0.15) is 33.0 Å². The highest BCUT2D eigenvalue weighted by atomic mass is 35.5. The molecule has 0 saturated heterocycles. The Hall–Kier alpha value is -3.34. The van der Waals surface area contributed by atoms with Crippen molar-refractivity contribution in [3.05, 3.63) is 81.1 Å². The van der Waals surface area contributed by atoms with E-state index in [0.29, 0.717) is 17.0 Å². The molecule has 30 heavy (non-hydrogen) atoms. The number of rotatable bonds is 6. The molecule has 0 bridgehead atoms. The van der Waals surface area contributed by atoms with Crippen LogP contribution in [-0.4, -0.2) is 15.9 Å². The van der Waals surface area contributed by atoms with E-state index in [2.05, 4.69) is 21.9 Å². The third-order valence-electron chi connectivity index (χ3n) is 4.09. The van der Waals surface area contributed by atoms with Gasteiger partial charge in [0.05, 0.1) is 16.7 Å². The molecule has 2 aromatic carbocycles. The Labute approximate surface area is 181 Å². The van der Waals surface area contributed by atoms with Crippen LogP contribution >= 0.6 is 23.2 Å². The molecule has 0 radical (unpaired) electrons. The Balaban J connectivity index is 1.84. The van der Waals surface area contributed by atoms with Gasteiger partial charge in [-0.1, -0.05) is 41.9 Å². The minimum atomic E-state index is -0.739. The number of aryl methyl sites for hydroxylation is 1. The van der Waals surface area contributed by atoms with Crippen LogP contribution in [0.4, 0.5) is 4.39 Å². The summed E-state index contributed by atoms with van der Waals surface area (Å²) in [7, 11) is 0. The Bertz CT molecular complexity index is 1180. The molecule has 0 fully saturated rings. The number of aromatic amines is 1. The standard InChI is InChI=1S/C21H15Cl2FN4O2/c1-3-12-6-13(9-25)8-15(7-12)30-19-16(22)5-4-14(17(19)24)10-26-21(29)18-20(23)28-11(2)27-18/h3-8H,1,10H2,2H3,(H,26,29)(H,27,28). The quantitative estimate of drug-likeness (QED) is 0.532. The number of ether oxygens (including phenoxy) is 1. The number of hydrogen-bond acceptors (Lipinski definition) is 4. The number of carbonyl (C=O) groups is 1. The van der Waals surface area contributed by atoms with E-state index in [1.54, 1.807) is 25.1 Å². The summed E-state index contributed by atoms with van der Waals surface area (Å²) in [5, 5.41) is 11.8. The van der Waals surface area contributed by atoms with Gasteiger partial charge in [0.1, 0.15) is 17.3 Å². The second kappa shape index (κ2) is 8.99. The van der Waals surface area contributed by atoms with Gasteiger partial charge in [0.2, 0.25) is 0 Å². The molecule has 0 saturated carbocycles. The number of amides is 1. The highest BCUT2D eigenvalue weighted by molar-refractivity contribution is 6.32. The average Bonchev–Trinajstić information content (AvgIpc) is 3.08. The summed E-state index contributed by atoms with van der Waals surface area (Å²) in [6.07, 6.45) is 1.54. The van der Waals surface area contributed by atoms with E-state index in [9.17, 15) is 4.79 Å². The molecule has 0 atom stereocenters. The third-order valence-corrected chi connectivity index (χ3v) is 4.66. The lowest BCUT2D eigenvalue weighted by atomic mass is 10.1. The van der Waals surface area contributed by atoms with E-state index in [-0.39, 0.29) is 39.5 Å². The van der Waals surface area contributed by atoms with Crippen molar-refractivity contribution in [1.82, 2.24) is 15.3 Å². The molecule has 0 aliphatic carbocycles. The average molecular weight is 445 g/mol. The van der Waals surface area contributed by atoms with E-state index in [1.807, 2.05) is 6.07 Å². The van der Waals surface area contributed by atoms with Crippen molar-refractivity contribution in [1.29, 1.82) is 5.26 Å². The van der Waals surface area contributed by atoms with Gasteiger partial charge in [0, 0.05) is 12.1 Å². The maximum Gasteiger partial charge on any atom is 0.271 e. The second-order valence-corrected chi connectivity index (χ2v) is 6.99. The number of carbonyl (C=O) groups excluding carboxylic acids is 1. The molecule has 0 spiro atoms. The predicted molar refractivity (Wildman–Crippen MR) is 112 cm³/mol. The van der Waals surface area contributed by atoms with Crippen molar-refractivity contribution < 1.29 is 13.9 Å². The fraction of sp³-hybridized carbons (Fsp3) is 0.0952. The lowest BCUT2D eigenvalue weighted by Gasteiger charge is -2.13. The summed E-state index contributed by atoms with van der Waals surface area (Å²) in [6.45, 7) is 5.18. The van der Waals surface area contributed by atoms with Crippen molar-refractivity contribution in [2.75, 3.05) is 0 Å². The summed E-state index contributed by atoms with van der Waals surface area (Å²) in [5.41, 5.74) is 1.20. The molecule has 3 aromatic rings. The minimum absolute atomic E-state index is 0.0287. The molecule has 152 valence electrons. The van der Waals surface area contributed by atoms with E-state index < -0.39 is 11.7 Å². The largest absolute Gasteiger partial charge is 0.453 e. The summed E-state index contributed by atoms with van der Waals surface area (Å²) in [5.74, 6) is -0.779. The van der Waals surface area contributed by atoms with Gasteiger partial charge in [0.25, 0.3) is 5.91 Å². The molecule has 1 heterocycles. The van der Waals surface area contributed by atoms with E-state index in [1.165, 1.54) is 18.2 Å². The van der Waals surface area contributed by atoms with Crippen LogP contribution < -0.4 is 10.1 Å². The van der Waals surface area contributed by atoms with Crippen molar-refractivity contribution in [3.63, 3.8) is 0 Å². The Morgan fingerprint density at radius 3 is 2.80 bits per heavy atom. The molecule has 0 aliphatic rings. The number of H-pyrrole nitrogens is 1. The number of benzene rings is 2. The van der Waals surface area contributed by atoms with Crippen molar-refractivity contribution in [3.8, 4) is 17.6 Å². The summed E-state index contributed by atoms with van der Waals surface area (Å²) in [6, 6.07) is 9.57. The molecule has 3 rings (SSSR count). The van der Waals surface area contributed by atoms with Crippen molar-refractivity contribution in [2.45, 2.75) is 13.5 Å². The number of nitrogens with zero attached hydrogens (tertiary/aromatic N) is 2. The third kappa shape index (κ3) is 4.62. The second-order valence-electron chi connectivity index (χ2n) is 6.23. The van der Waals surface area contributed by atoms with Crippen LogP contribution in [0.5, 0.6) is 11.5 Å². The van der Waals surface area contributed by atoms with Gasteiger partial charge in [-0.05, 0) is 36.8 Å². The predicted octanol–water partition coefficient (Wildman–Crippen LogP) is 5.40. The van der Waals surface area contributed by atoms with Crippen LogP contribution in [0.2, 0.25) is 10.2 Å². The normalized spacial score (nSPS) is 10.4. The van der Waals surface area contributed by atoms with Gasteiger partial charge >= 0.3 is 0 Å². The van der Waals surface area contributed by atoms with Crippen molar-refractivity contribution >= 4 is 35.2 Å². The molecule has 9 heteroatoms. The minimum Gasteiger partial charge on any atom is -0.453 e. The van der Waals surface area contributed by atoms with Gasteiger partial charge < -0.3 is 15.0 Å². The van der Waals surface area contributed by atoms with Gasteiger partial charge in [-0.15, -0.1) is 0 Å². The number of halogens is 3. The lowest BCUT2D eigenvalue weighted by molar-refractivity contribution is 0.0946. The topological polar surface area (TPSA) is 90.8 Å². The first-order valence-electron chi connectivity index (χ1n) is 8.65. The monoisotopic (exact) mass is 444 g/mol. The molecule has 1 amide bonds. The fourth-order valence-electron chi connectivity index (χ4n) is 2.66. The first-order valence-corrected chi connectivity index (χ1v) is 9.40. The SMILES string of the molecule is C=Cc1cc(C#N)cc(Oc2c(Cl)ccc(CNC(=O)c3[nH]c(C)nc3Cl)c2F)c1. The first kappa shape index (κ1) is 21.4. The Morgan fingerprint density at radius 1 is 1.40 bits per heavy atom. The number of hydrogen-bond donors (Lipinski definition) is 2. The molecule has 1 aromatic heterocycles. The maximum atomic E-state index is 15.0. The fourth-order valence-corrected chi connectivity index (χ4v) is 3.11. The number of nitriles is 1. The Kier molecular flexibility index (Phi) is 6.40. The molecular weight excluding hydrogens is 430 g/mol. The zero-order chi connectivity index (χ0) is 21.8. The van der Waals surface area contributed by atoms with Gasteiger partial charge in [-0.2, -0.15) is 5.26 Å². The van der Waals surface area contributed by atoms with Crippen LogP contribution in [0.15, 0.2) is 36.9 Å². The smallest absolute Gasteiger partial charge is 0.271 e. The molecule has 0 aliphatic heterocycles. The zero-order valence-electron chi connectivity index (χ0n) is 15.7. The first-order chi connectivity index (χ1) is 14.3. The number of nitrogens with one attached hydrogen (secondary N) is 2. The van der Waals surface area contributed by atoms with Crippen LogP contribution in [-0.2, 0) is 6.54 Å². The highest BCUT2D eigenvalue weighted by Crippen LogP contribution is 2.34. The van der Waals surface area contributed by atoms with Crippen LogP contribution in [0.3, 0.4) is 0 Å². The van der Waals surface area contributed by atoms with Gasteiger partial charge in [-0.3, -0.25) is 4.79 Å².